The molecule has 0 saturated carbocycles. The summed E-state index contributed by atoms with van der Waals surface area (Å²) in [5.41, 5.74) is 0.597. The Hall–Kier alpha value is 0.186. The molecule has 0 aliphatic heterocycles. The van der Waals surface area contributed by atoms with Gasteiger partial charge in [-0.2, -0.15) is 0 Å². The Labute approximate surface area is 108 Å². The van der Waals surface area contributed by atoms with Gasteiger partial charge in [0.15, 0.2) is 5.69 Å². The first-order valence-corrected chi connectivity index (χ1v) is 2.72. The van der Waals surface area contributed by atoms with E-state index in [1.54, 1.807) is 6.92 Å². The number of carbonyl (C=O) groups is 1. The van der Waals surface area contributed by atoms with Crippen LogP contribution in [0.5, 0.6) is 0 Å². The van der Waals surface area contributed by atoms with Crippen LogP contribution in [0.3, 0.4) is 0 Å². The second kappa shape index (κ2) is 4.94. The molecule has 54 valence electrons. The molecule has 0 bridgehead atoms. The minimum absolute atomic E-state index is 0. The van der Waals surface area contributed by atoms with E-state index < -0.39 is 5.97 Å². The Balaban J connectivity index is 0. The largest absolute Gasteiger partial charge is 1.00 e. The Morgan fingerprint density at radius 1 is 1.64 bits per heavy atom. The summed E-state index contributed by atoms with van der Waals surface area (Å²) in [6, 6.07) is 0. The van der Waals surface area contributed by atoms with Gasteiger partial charge >= 0.3 is 57.4 Å². The molecule has 0 atom stereocenters. The van der Waals surface area contributed by atoms with Crippen molar-refractivity contribution in [3.63, 3.8) is 0 Å². The van der Waals surface area contributed by atoms with Gasteiger partial charge in [-0.1, -0.05) is 0 Å². The van der Waals surface area contributed by atoms with Crippen LogP contribution in [-0.4, -0.2) is 21.0 Å². The molecule has 0 radical (unpaired) electrons. The maximum atomic E-state index is 10.3. The average molecular weight is 178 g/mol. The summed E-state index contributed by atoms with van der Waals surface area (Å²) < 4.78 is 0. The van der Waals surface area contributed by atoms with Gasteiger partial charge in [-0.05, 0) is 6.92 Å². The summed E-state index contributed by atoms with van der Waals surface area (Å²) in [7, 11) is 0. The first-order chi connectivity index (χ1) is 4.70. The third-order valence-corrected chi connectivity index (χ3v) is 0.974. The van der Waals surface area contributed by atoms with E-state index in [9.17, 15) is 4.79 Å². The van der Waals surface area contributed by atoms with Crippen LogP contribution in [0.15, 0.2) is 12.4 Å². The Morgan fingerprint density at radius 3 is 2.64 bits per heavy atom. The summed E-state index contributed by atoms with van der Waals surface area (Å²) in [5, 5.41) is 8.41. The van der Waals surface area contributed by atoms with Crippen molar-refractivity contribution in [2.45, 2.75) is 6.92 Å². The molecule has 1 heterocycles. The zero-order chi connectivity index (χ0) is 7.56. The maximum absolute atomic E-state index is 10.3. The van der Waals surface area contributed by atoms with Gasteiger partial charge in [-0.15, -0.1) is 0 Å². The first-order valence-electron chi connectivity index (χ1n) is 2.72. The van der Waals surface area contributed by atoms with Crippen molar-refractivity contribution in [3.05, 3.63) is 23.8 Å². The minimum Gasteiger partial charge on any atom is -1.00 e. The fraction of sp³-hybridized carbons (Fsp3) is 0.167. The number of hydrogen-bond acceptors (Lipinski definition) is 3. The molecule has 11 heavy (non-hydrogen) atoms. The number of aromatic nitrogens is 2. The normalized spacial score (nSPS) is 8.45. The number of aryl methyl sites for hydroxylation is 1. The fourth-order valence-corrected chi connectivity index (χ4v) is 0.567. The number of carboxylic acids is 1. The van der Waals surface area contributed by atoms with Crippen LogP contribution in [0.25, 0.3) is 0 Å². The third kappa shape index (κ3) is 3.39. The van der Waals surface area contributed by atoms with E-state index in [-0.39, 0.29) is 58.5 Å². The molecule has 0 aromatic carbocycles. The average Bonchev–Trinajstić information content (AvgIpc) is 1.88. The summed E-state index contributed by atoms with van der Waals surface area (Å²) in [5.74, 6) is -1.05. The quantitative estimate of drug-likeness (QED) is 0.487. The number of nitrogens with zero attached hydrogens (tertiary/aromatic N) is 2. The van der Waals surface area contributed by atoms with E-state index in [0.717, 1.165) is 0 Å². The molecule has 0 amide bonds. The molecule has 0 unspecified atom stereocenters. The molecular formula is C6H7KN2O2. The van der Waals surface area contributed by atoms with Crippen LogP contribution in [0.4, 0.5) is 0 Å². The predicted molar refractivity (Wildman–Crippen MR) is 34.8 cm³/mol. The predicted octanol–water partition coefficient (Wildman–Crippen LogP) is -2.40. The van der Waals surface area contributed by atoms with Gasteiger partial charge in [0.25, 0.3) is 0 Å². The van der Waals surface area contributed by atoms with Gasteiger partial charge in [-0.25, -0.2) is 9.78 Å². The van der Waals surface area contributed by atoms with Crippen LogP contribution in [0.2, 0.25) is 0 Å². The molecule has 0 fully saturated rings. The third-order valence-electron chi connectivity index (χ3n) is 0.974. The molecule has 1 rings (SSSR count). The standard InChI is InChI=1S/C6H6N2O2.K.H/c1-4-2-7-3-5(8-4)6(9)10;;/h2-3H,1H3,(H,9,10);;/q;+1;-1. The van der Waals surface area contributed by atoms with E-state index in [2.05, 4.69) is 9.97 Å². The van der Waals surface area contributed by atoms with Crippen LogP contribution >= 0.6 is 0 Å². The minimum atomic E-state index is -1.05. The fourth-order valence-electron chi connectivity index (χ4n) is 0.567. The monoisotopic (exact) mass is 178 g/mol. The Morgan fingerprint density at radius 2 is 2.27 bits per heavy atom. The van der Waals surface area contributed by atoms with E-state index in [1.807, 2.05) is 0 Å². The molecule has 1 N–H and O–H groups in total. The van der Waals surface area contributed by atoms with Crippen molar-refractivity contribution in [1.82, 2.24) is 9.97 Å². The number of hydrogen-bond donors (Lipinski definition) is 1. The van der Waals surface area contributed by atoms with Crippen molar-refractivity contribution in [3.8, 4) is 0 Å². The van der Waals surface area contributed by atoms with Crippen molar-refractivity contribution in [2.24, 2.45) is 0 Å². The zero-order valence-electron chi connectivity index (χ0n) is 7.40. The molecule has 5 heteroatoms. The van der Waals surface area contributed by atoms with Gasteiger partial charge in [0.05, 0.1) is 11.9 Å². The Kier molecular flexibility index (Phi) is 5.03. The molecule has 0 aliphatic carbocycles. The molecule has 0 spiro atoms. The van der Waals surface area contributed by atoms with E-state index in [1.165, 1.54) is 12.4 Å². The van der Waals surface area contributed by atoms with Crippen molar-refractivity contribution in [1.29, 1.82) is 0 Å². The summed E-state index contributed by atoms with van der Waals surface area (Å²) >= 11 is 0. The maximum Gasteiger partial charge on any atom is 1.00 e. The first kappa shape index (κ1) is 11.2. The van der Waals surface area contributed by atoms with Crippen LogP contribution in [0.1, 0.15) is 17.6 Å². The summed E-state index contributed by atoms with van der Waals surface area (Å²) in [6.45, 7) is 1.69. The van der Waals surface area contributed by atoms with Gasteiger partial charge < -0.3 is 6.53 Å². The smallest absolute Gasteiger partial charge is 1.00 e. The summed E-state index contributed by atoms with van der Waals surface area (Å²) in [4.78, 5) is 17.6. The van der Waals surface area contributed by atoms with Crippen LogP contribution < -0.4 is 51.4 Å². The SMILES string of the molecule is Cc1cncc(C(=O)O)n1.[H-].[K+]. The number of aromatic carboxylic acids is 1. The van der Waals surface area contributed by atoms with Gasteiger partial charge in [-0.3, -0.25) is 4.98 Å². The second-order valence-electron chi connectivity index (χ2n) is 1.85. The van der Waals surface area contributed by atoms with Crippen molar-refractivity contribution >= 4 is 5.97 Å². The summed E-state index contributed by atoms with van der Waals surface area (Å²) in [6.07, 6.45) is 2.72. The van der Waals surface area contributed by atoms with Gasteiger partial charge in [0.1, 0.15) is 0 Å². The van der Waals surface area contributed by atoms with Gasteiger partial charge in [0.2, 0.25) is 0 Å². The Bertz CT molecular complexity index is 269. The molecular weight excluding hydrogens is 171 g/mol. The number of rotatable bonds is 1. The molecule has 4 nitrogen and oxygen atoms in total. The van der Waals surface area contributed by atoms with Crippen molar-refractivity contribution < 1.29 is 62.7 Å². The molecule has 1 aromatic heterocycles. The second-order valence-corrected chi connectivity index (χ2v) is 1.85. The molecule has 1 aromatic rings. The van der Waals surface area contributed by atoms with Gasteiger partial charge in [0, 0.05) is 6.20 Å². The topological polar surface area (TPSA) is 63.1 Å². The van der Waals surface area contributed by atoms with E-state index in [0.29, 0.717) is 5.69 Å². The van der Waals surface area contributed by atoms with E-state index in [4.69, 9.17) is 5.11 Å². The molecule has 0 aliphatic rings. The van der Waals surface area contributed by atoms with Crippen LogP contribution in [-0.2, 0) is 0 Å². The van der Waals surface area contributed by atoms with Crippen LogP contribution in [0, 0.1) is 6.92 Å². The van der Waals surface area contributed by atoms with E-state index >= 15 is 0 Å². The molecule has 0 saturated heterocycles. The van der Waals surface area contributed by atoms with Crippen molar-refractivity contribution in [2.75, 3.05) is 0 Å². The zero-order valence-corrected chi connectivity index (χ0v) is 9.53. The number of carboxylic acid groups (broad SMARTS) is 1.